The Balaban J connectivity index is 1.67. The first-order valence-electron chi connectivity index (χ1n) is 6.98. The zero-order chi connectivity index (χ0) is 13.7. The van der Waals surface area contributed by atoms with Crippen molar-refractivity contribution >= 4 is 11.6 Å². The van der Waals surface area contributed by atoms with Crippen LogP contribution in [0.3, 0.4) is 0 Å². The standard InChI is InChI=1S/C15H23N3O/c1-12-4-2-5-14(10-12)17-15(19)6-3-8-18-9-7-13(16)11-18/h2,4-5,10,13H,3,6-9,11,16H2,1H3,(H,17,19)/t13-/m0/s1. The normalized spacial score (nSPS) is 19.6. The number of rotatable bonds is 5. The van der Waals surface area contributed by atoms with Crippen molar-refractivity contribution < 1.29 is 4.79 Å². The minimum Gasteiger partial charge on any atom is -0.326 e. The third-order valence-corrected chi connectivity index (χ3v) is 3.49. The van der Waals surface area contributed by atoms with E-state index in [9.17, 15) is 4.79 Å². The summed E-state index contributed by atoms with van der Waals surface area (Å²) in [7, 11) is 0. The van der Waals surface area contributed by atoms with E-state index >= 15 is 0 Å². The topological polar surface area (TPSA) is 58.4 Å². The average Bonchev–Trinajstić information content (AvgIpc) is 2.75. The lowest BCUT2D eigenvalue weighted by molar-refractivity contribution is -0.116. The summed E-state index contributed by atoms with van der Waals surface area (Å²) >= 11 is 0. The number of aryl methyl sites for hydroxylation is 1. The van der Waals surface area contributed by atoms with Crippen molar-refractivity contribution in [3.05, 3.63) is 29.8 Å². The number of nitrogens with zero attached hydrogens (tertiary/aromatic N) is 1. The van der Waals surface area contributed by atoms with E-state index in [2.05, 4.69) is 10.2 Å². The smallest absolute Gasteiger partial charge is 0.224 e. The molecular formula is C15H23N3O. The van der Waals surface area contributed by atoms with Gasteiger partial charge in [-0.15, -0.1) is 0 Å². The highest BCUT2D eigenvalue weighted by Gasteiger charge is 2.18. The Labute approximate surface area is 115 Å². The SMILES string of the molecule is Cc1cccc(NC(=O)CCCN2CC[C@H](N)C2)c1. The maximum absolute atomic E-state index is 11.8. The molecule has 0 spiro atoms. The van der Waals surface area contributed by atoms with E-state index in [1.165, 1.54) is 0 Å². The van der Waals surface area contributed by atoms with Crippen LogP contribution in [0.25, 0.3) is 0 Å². The molecule has 0 bridgehead atoms. The van der Waals surface area contributed by atoms with Crippen molar-refractivity contribution in [3.63, 3.8) is 0 Å². The first kappa shape index (κ1) is 14.0. The van der Waals surface area contributed by atoms with Crippen molar-refractivity contribution in [1.82, 2.24) is 4.90 Å². The largest absolute Gasteiger partial charge is 0.326 e. The Morgan fingerprint density at radius 1 is 1.53 bits per heavy atom. The fourth-order valence-electron chi connectivity index (χ4n) is 2.48. The van der Waals surface area contributed by atoms with E-state index < -0.39 is 0 Å². The Hall–Kier alpha value is -1.39. The lowest BCUT2D eigenvalue weighted by Gasteiger charge is -2.14. The van der Waals surface area contributed by atoms with E-state index in [1.807, 2.05) is 31.2 Å². The number of carbonyl (C=O) groups is 1. The van der Waals surface area contributed by atoms with Crippen LogP contribution in [0.2, 0.25) is 0 Å². The van der Waals surface area contributed by atoms with Crippen molar-refractivity contribution in [2.24, 2.45) is 5.73 Å². The molecule has 0 unspecified atom stereocenters. The number of likely N-dealkylation sites (tertiary alicyclic amines) is 1. The number of nitrogens with one attached hydrogen (secondary N) is 1. The van der Waals surface area contributed by atoms with Crippen LogP contribution < -0.4 is 11.1 Å². The highest BCUT2D eigenvalue weighted by molar-refractivity contribution is 5.90. The van der Waals surface area contributed by atoms with Gasteiger partial charge in [0.25, 0.3) is 0 Å². The van der Waals surface area contributed by atoms with E-state index in [0.717, 1.165) is 43.7 Å². The summed E-state index contributed by atoms with van der Waals surface area (Å²) in [6.45, 7) is 5.03. The van der Waals surface area contributed by atoms with Gasteiger partial charge in [0.15, 0.2) is 0 Å². The number of anilines is 1. The zero-order valence-electron chi connectivity index (χ0n) is 11.6. The van der Waals surface area contributed by atoms with Crippen LogP contribution in [-0.2, 0) is 4.79 Å². The third kappa shape index (κ3) is 4.65. The molecule has 1 fully saturated rings. The summed E-state index contributed by atoms with van der Waals surface area (Å²) in [6, 6.07) is 8.20. The first-order valence-corrected chi connectivity index (χ1v) is 6.98. The Morgan fingerprint density at radius 3 is 3.05 bits per heavy atom. The van der Waals surface area contributed by atoms with Gasteiger partial charge in [0, 0.05) is 24.7 Å². The number of benzene rings is 1. The number of hydrogen-bond acceptors (Lipinski definition) is 3. The molecule has 1 amide bonds. The quantitative estimate of drug-likeness (QED) is 0.849. The number of amides is 1. The molecule has 2 rings (SSSR count). The molecule has 1 atom stereocenters. The fraction of sp³-hybridized carbons (Fsp3) is 0.533. The lowest BCUT2D eigenvalue weighted by Crippen LogP contribution is -2.27. The molecule has 3 N–H and O–H groups in total. The molecule has 104 valence electrons. The van der Waals surface area contributed by atoms with Crippen LogP contribution in [0.5, 0.6) is 0 Å². The van der Waals surface area contributed by atoms with Gasteiger partial charge in [0.2, 0.25) is 5.91 Å². The van der Waals surface area contributed by atoms with Crippen molar-refractivity contribution in [3.8, 4) is 0 Å². The van der Waals surface area contributed by atoms with Crippen molar-refractivity contribution in [2.45, 2.75) is 32.2 Å². The van der Waals surface area contributed by atoms with Gasteiger partial charge in [-0.05, 0) is 50.6 Å². The summed E-state index contributed by atoms with van der Waals surface area (Å²) in [5, 5.41) is 2.93. The van der Waals surface area contributed by atoms with Gasteiger partial charge >= 0.3 is 0 Å². The number of nitrogens with two attached hydrogens (primary N) is 1. The van der Waals surface area contributed by atoms with Crippen LogP contribution in [0.15, 0.2) is 24.3 Å². The van der Waals surface area contributed by atoms with Crippen LogP contribution >= 0.6 is 0 Å². The van der Waals surface area contributed by atoms with Gasteiger partial charge in [0.05, 0.1) is 0 Å². The van der Waals surface area contributed by atoms with Gasteiger partial charge < -0.3 is 16.0 Å². The molecule has 0 radical (unpaired) electrons. The van der Waals surface area contributed by atoms with Crippen molar-refractivity contribution in [1.29, 1.82) is 0 Å². The summed E-state index contributed by atoms with van der Waals surface area (Å²) in [5.41, 5.74) is 7.89. The molecule has 0 aliphatic carbocycles. The maximum Gasteiger partial charge on any atom is 0.224 e. The minimum absolute atomic E-state index is 0.0918. The third-order valence-electron chi connectivity index (χ3n) is 3.49. The molecule has 4 heteroatoms. The molecule has 1 aliphatic heterocycles. The predicted octanol–water partition coefficient (Wildman–Crippen LogP) is 1.75. The molecule has 19 heavy (non-hydrogen) atoms. The first-order chi connectivity index (χ1) is 9.13. The zero-order valence-corrected chi connectivity index (χ0v) is 11.6. The summed E-state index contributed by atoms with van der Waals surface area (Å²) in [6.07, 6.45) is 2.54. The summed E-state index contributed by atoms with van der Waals surface area (Å²) < 4.78 is 0. The minimum atomic E-state index is 0.0918. The molecular weight excluding hydrogens is 238 g/mol. The second kappa shape index (κ2) is 6.68. The average molecular weight is 261 g/mol. The lowest BCUT2D eigenvalue weighted by atomic mass is 10.2. The summed E-state index contributed by atoms with van der Waals surface area (Å²) in [5.74, 6) is 0.0918. The molecule has 1 aliphatic rings. The molecule has 0 aromatic heterocycles. The van der Waals surface area contributed by atoms with Gasteiger partial charge in [0.1, 0.15) is 0 Å². The van der Waals surface area contributed by atoms with Crippen LogP contribution in [0.1, 0.15) is 24.8 Å². The molecule has 1 heterocycles. The van der Waals surface area contributed by atoms with Gasteiger partial charge in [-0.1, -0.05) is 12.1 Å². The highest BCUT2D eigenvalue weighted by Crippen LogP contribution is 2.11. The predicted molar refractivity (Wildman–Crippen MR) is 78.1 cm³/mol. The van der Waals surface area contributed by atoms with Gasteiger partial charge in [-0.3, -0.25) is 4.79 Å². The molecule has 1 aromatic rings. The van der Waals surface area contributed by atoms with E-state index in [-0.39, 0.29) is 5.91 Å². The Bertz CT molecular complexity index is 433. The molecule has 0 saturated carbocycles. The Kier molecular flexibility index (Phi) is 4.93. The monoisotopic (exact) mass is 261 g/mol. The second-order valence-corrected chi connectivity index (χ2v) is 5.37. The number of carbonyl (C=O) groups excluding carboxylic acids is 1. The fourth-order valence-corrected chi connectivity index (χ4v) is 2.48. The van der Waals surface area contributed by atoms with Crippen LogP contribution in [0.4, 0.5) is 5.69 Å². The molecule has 1 saturated heterocycles. The van der Waals surface area contributed by atoms with Crippen LogP contribution in [0, 0.1) is 6.92 Å². The van der Waals surface area contributed by atoms with Crippen molar-refractivity contribution in [2.75, 3.05) is 25.0 Å². The van der Waals surface area contributed by atoms with Gasteiger partial charge in [-0.25, -0.2) is 0 Å². The van der Waals surface area contributed by atoms with Gasteiger partial charge in [-0.2, -0.15) is 0 Å². The summed E-state index contributed by atoms with van der Waals surface area (Å²) in [4.78, 5) is 14.1. The molecule has 4 nitrogen and oxygen atoms in total. The highest BCUT2D eigenvalue weighted by atomic mass is 16.1. The van der Waals surface area contributed by atoms with Crippen LogP contribution in [-0.4, -0.2) is 36.5 Å². The second-order valence-electron chi connectivity index (χ2n) is 5.37. The maximum atomic E-state index is 11.8. The Morgan fingerprint density at radius 2 is 2.37 bits per heavy atom. The van der Waals surface area contributed by atoms with E-state index in [4.69, 9.17) is 5.73 Å². The van der Waals surface area contributed by atoms with E-state index in [1.54, 1.807) is 0 Å². The molecule has 1 aromatic carbocycles. The van der Waals surface area contributed by atoms with E-state index in [0.29, 0.717) is 12.5 Å². The number of hydrogen-bond donors (Lipinski definition) is 2.